The quantitative estimate of drug-likeness (QED) is 0.671. The first kappa shape index (κ1) is 13.5. The number of amides is 2. The van der Waals surface area contributed by atoms with Crippen LogP contribution in [0.5, 0.6) is 0 Å². The molecule has 0 aromatic carbocycles. The van der Waals surface area contributed by atoms with E-state index in [1.165, 1.54) is 6.08 Å². The summed E-state index contributed by atoms with van der Waals surface area (Å²) in [5.41, 5.74) is 0. The van der Waals surface area contributed by atoms with Crippen molar-refractivity contribution in [3.63, 3.8) is 0 Å². The molecule has 1 aliphatic heterocycles. The largest absolute Gasteiger partial charge is 0.352 e. The van der Waals surface area contributed by atoms with Crippen LogP contribution in [0.1, 0.15) is 26.7 Å². The van der Waals surface area contributed by atoms with Gasteiger partial charge in [-0.3, -0.25) is 9.59 Å². The monoisotopic (exact) mass is 236 g/mol. The first-order valence-corrected chi connectivity index (χ1v) is 6.00. The van der Waals surface area contributed by atoms with Crippen molar-refractivity contribution in [1.29, 1.82) is 0 Å². The van der Waals surface area contributed by atoms with Gasteiger partial charge in [-0.2, -0.15) is 0 Å². The van der Waals surface area contributed by atoms with Crippen LogP contribution < -0.4 is 10.6 Å². The molecule has 17 heavy (non-hydrogen) atoms. The molecule has 0 saturated carbocycles. The molecular weight excluding hydrogens is 216 g/mol. The van der Waals surface area contributed by atoms with Crippen molar-refractivity contribution < 1.29 is 9.59 Å². The summed E-state index contributed by atoms with van der Waals surface area (Å²) in [6.45, 7) is 4.62. The van der Waals surface area contributed by atoms with Crippen LogP contribution in [0, 0.1) is 5.92 Å². The van der Waals surface area contributed by atoms with Gasteiger partial charge in [0.05, 0.1) is 0 Å². The number of hydrogen-bond acceptors (Lipinski definition) is 2. The molecule has 2 amide bonds. The standard InChI is InChI=1S/C13H20N2O2/c1-10(2)11-7-8-12(16)14-9-5-3-4-6-13(17)15-11/h3-4,7-8,10-11H,5-6,9H2,1-2H3,(H,14,16)(H,15,17)/b4-3+,8-7+. The molecule has 4 nitrogen and oxygen atoms in total. The topological polar surface area (TPSA) is 58.2 Å². The Labute approximate surface area is 102 Å². The van der Waals surface area contributed by atoms with E-state index < -0.39 is 0 Å². The Hall–Kier alpha value is -1.58. The molecule has 1 atom stereocenters. The van der Waals surface area contributed by atoms with Gasteiger partial charge in [-0.15, -0.1) is 0 Å². The van der Waals surface area contributed by atoms with Gasteiger partial charge >= 0.3 is 0 Å². The third kappa shape index (κ3) is 5.33. The molecule has 0 fully saturated rings. The minimum absolute atomic E-state index is 0.00872. The predicted molar refractivity (Wildman–Crippen MR) is 67.3 cm³/mol. The third-order valence-electron chi connectivity index (χ3n) is 2.58. The van der Waals surface area contributed by atoms with Crippen LogP contribution in [0.15, 0.2) is 24.3 Å². The summed E-state index contributed by atoms with van der Waals surface area (Å²) in [4.78, 5) is 23.0. The molecule has 1 aliphatic rings. The molecule has 1 rings (SSSR count). The van der Waals surface area contributed by atoms with E-state index in [1.807, 2.05) is 26.0 Å². The van der Waals surface area contributed by atoms with Gasteiger partial charge < -0.3 is 10.6 Å². The zero-order valence-electron chi connectivity index (χ0n) is 10.4. The second-order valence-corrected chi connectivity index (χ2v) is 4.45. The average Bonchev–Trinajstić information content (AvgIpc) is 2.26. The van der Waals surface area contributed by atoms with E-state index in [0.717, 1.165) is 6.42 Å². The van der Waals surface area contributed by atoms with Crippen molar-refractivity contribution in [2.75, 3.05) is 6.54 Å². The first-order valence-electron chi connectivity index (χ1n) is 6.00. The SMILES string of the molecule is CC(C)C1/C=C/C(=O)NCC/C=C/CC(=O)N1. The maximum atomic E-state index is 11.6. The van der Waals surface area contributed by atoms with E-state index >= 15 is 0 Å². The Morgan fingerprint density at radius 3 is 2.76 bits per heavy atom. The van der Waals surface area contributed by atoms with Crippen LogP contribution in [0.2, 0.25) is 0 Å². The van der Waals surface area contributed by atoms with Gasteiger partial charge in [-0.05, 0) is 12.3 Å². The smallest absolute Gasteiger partial charge is 0.243 e. The second-order valence-electron chi connectivity index (χ2n) is 4.45. The Morgan fingerprint density at radius 1 is 1.29 bits per heavy atom. The Morgan fingerprint density at radius 2 is 2.06 bits per heavy atom. The van der Waals surface area contributed by atoms with Gasteiger partial charge in [0.2, 0.25) is 11.8 Å². The van der Waals surface area contributed by atoms with Crippen LogP contribution in [0.3, 0.4) is 0 Å². The Bertz CT molecular complexity index is 332. The zero-order chi connectivity index (χ0) is 12.7. The highest BCUT2D eigenvalue weighted by molar-refractivity contribution is 5.87. The molecule has 1 heterocycles. The summed E-state index contributed by atoms with van der Waals surface area (Å²) in [6, 6.07) is -0.0962. The molecular formula is C13H20N2O2. The summed E-state index contributed by atoms with van der Waals surface area (Å²) >= 11 is 0. The van der Waals surface area contributed by atoms with E-state index in [2.05, 4.69) is 10.6 Å². The molecule has 0 aromatic heterocycles. The zero-order valence-corrected chi connectivity index (χ0v) is 10.4. The molecule has 2 N–H and O–H groups in total. The van der Waals surface area contributed by atoms with E-state index in [9.17, 15) is 9.59 Å². The molecule has 94 valence electrons. The average molecular weight is 236 g/mol. The fourth-order valence-electron chi connectivity index (χ4n) is 1.52. The summed E-state index contributed by atoms with van der Waals surface area (Å²) < 4.78 is 0. The molecule has 0 aliphatic carbocycles. The minimum Gasteiger partial charge on any atom is -0.352 e. The highest BCUT2D eigenvalue weighted by Gasteiger charge is 2.13. The van der Waals surface area contributed by atoms with Crippen LogP contribution in [-0.2, 0) is 9.59 Å². The molecule has 1 unspecified atom stereocenters. The van der Waals surface area contributed by atoms with E-state index in [4.69, 9.17) is 0 Å². The van der Waals surface area contributed by atoms with Gasteiger partial charge in [0, 0.05) is 25.1 Å². The van der Waals surface area contributed by atoms with Gasteiger partial charge in [-0.1, -0.05) is 32.1 Å². The molecule has 0 saturated heterocycles. The summed E-state index contributed by atoms with van der Waals surface area (Å²) in [5.74, 6) is 0.138. The van der Waals surface area contributed by atoms with Crippen LogP contribution >= 0.6 is 0 Å². The highest BCUT2D eigenvalue weighted by Crippen LogP contribution is 2.04. The lowest BCUT2D eigenvalue weighted by Crippen LogP contribution is -2.37. The van der Waals surface area contributed by atoms with Crippen LogP contribution in [0.4, 0.5) is 0 Å². The van der Waals surface area contributed by atoms with Crippen molar-refractivity contribution in [2.24, 2.45) is 5.92 Å². The summed E-state index contributed by atoms with van der Waals surface area (Å²) in [5, 5.41) is 5.68. The number of nitrogens with one attached hydrogen (secondary N) is 2. The fourth-order valence-corrected chi connectivity index (χ4v) is 1.52. The number of carbonyl (C=O) groups excluding carboxylic acids is 2. The predicted octanol–water partition coefficient (Wildman–Crippen LogP) is 1.15. The van der Waals surface area contributed by atoms with Crippen LogP contribution in [0.25, 0.3) is 0 Å². The Balaban J connectivity index is 2.72. The molecule has 0 aromatic rings. The first-order chi connectivity index (χ1) is 8.09. The van der Waals surface area contributed by atoms with Gasteiger partial charge in [0.1, 0.15) is 0 Å². The van der Waals surface area contributed by atoms with Crippen LogP contribution in [-0.4, -0.2) is 24.4 Å². The van der Waals surface area contributed by atoms with E-state index in [-0.39, 0.29) is 23.8 Å². The molecule has 0 bridgehead atoms. The van der Waals surface area contributed by atoms with Gasteiger partial charge in [0.25, 0.3) is 0 Å². The van der Waals surface area contributed by atoms with E-state index in [1.54, 1.807) is 6.08 Å². The van der Waals surface area contributed by atoms with Crippen molar-refractivity contribution in [3.8, 4) is 0 Å². The fraction of sp³-hybridized carbons (Fsp3) is 0.538. The Kier molecular flexibility index (Phi) is 5.46. The van der Waals surface area contributed by atoms with E-state index in [0.29, 0.717) is 13.0 Å². The van der Waals surface area contributed by atoms with Gasteiger partial charge in [-0.25, -0.2) is 0 Å². The second kappa shape index (κ2) is 6.89. The van der Waals surface area contributed by atoms with Crippen molar-refractivity contribution in [1.82, 2.24) is 10.6 Å². The minimum atomic E-state index is -0.112. The molecule has 0 radical (unpaired) electrons. The lowest BCUT2D eigenvalue weighted by Gasteiger charge is -2.18. The normalized spacial score (nSPS) is 26.4. The lowest BCUT2D eigenvalue weighted by atomic mass is 10.0. The maximum absolute atomic E-state index is 11.6. The number of rotatable bonds is 1. The molecule has 4 heteroatoms. The van der Waals surface area contributed by atoms with Crippen molar-refractivity contribution in [3.05, 3.63) is 24.3 Å². The van der Waals surface area contributed by atoms with Gasteiger partial charge in [0.15, 0.2) is 0 Å². The lowest BCUT2D eigenvalue weighted by molar-refractivity contribution is -0.121. The van der Waals surface area contributed by atoms with Crippen molar-refractivity contribution in [2.45, 2.75) is 32.7 Å². The number of carbonyl (C=O) groups is 2. The summed E-state index contributed by atoms with van der Waals surface area (Å²) in [6.07, 6.45) is 8.14. The van der Waals surface area contributed by atoms with Crippen molar-refractivity contribution >= 4 is 11.8 Å². The maximum Gasteiger partial charge on any atom is 0.243 e. The third-order valence-corrected chi connectivity index (χ3v) is 2.58. The highest BCUT2D eigenvalue weighted by atomic mass is 16.2. The molecule has 0 spiro atoms. The number of hydrogen-bond donors (Lipinski definition) is 2. The summed E-state index contributed by atoms with van der Waals surface area (Å²) in [7, 11) is 0.